The zero-order chi connectivity index (χ0) is 24.1. The zero-order valence-corrected chi connectivity index (χ0v) is 21.3. The summed E-state index contributed by atoms with van der Waals surface area (Å²) in [5, 5.41) is 22.4. The van der Waals surface area contributed by atoms with Gasteiger partial charge in [-0.1, -0.05) is 39.8 Å². The number of carboxylic acids is 1. The largest absolute Gasteiger partial charge is 0.481 e. The maximum absolute atomic E-state index is 12.7. The Kier molecular flexibility index (Phi) is 5.13. The molecule has 0 aliphatic heterocycles. The summed E-state index contributed by atoms with van der Waals surface area (Å²) >= 11 is 0. The highest BCUT2D eigenvalue weighted by Crippen LogP contribution is 2.76. The lowest BCUT2D eigenvalue weighted by Crippen LogP contribution is -2.69. The van der Waals surface area contributed by atoms with E-state index in [1.807, 2.05) is 0 Å². The number of ketones is 1. The summed E-state index contributed by atoms with van der Waals surface area (Å²) in [5.74, 6) is 0.870. The number of allylic oxidation sites excluding steroid dienone is 1. The lowest BCUT2D eigenvalue weighted by Gasteiger charge is -2.72. The number of aliphatic carboxylic acids is 1. The molecule has 5 aliphatic rings. The first-order chi connectivity index (χ1) is 15.3. The quantitative estimate of drug-likeness (QED) is 0.509. The van der Waals surface area contributed by atoms with Crippen molar-refractivity contribution in [3.63, 3.8) is 0 Å². The third kappa shape index (κ3) is 2.74. The first kappa shape index (κ1) is 23.6. The predicted molar refractivity (Wildman–Crippen MR) is 128 cm³/mol. The minimum absolute atomic E-state index is 0.00275. The van der Waals surface area contributed by atoms with Crippen LogP contribution in [0.4, 0.5) is 0 Å². The summed E-state index contributed by atoms with van der Waals surface area (Å²) < 4.78 is 0. The predicted octanol–water partition coefficient (Wildman–Crippen LogP) is 5.88. The molecule has 2 N–H and O–H groups in total. The van der Waals surface area contributed by atoms with Gasteiger partial charge in [-0.2, -0.15) is 0 Å². The van der Waals surface area contributed by atoms with Gasteiger partial charge >= 0.3 is 5.97 Å². The Hall–Kier alpha value is -1.16. The van der Waals surface area contributed by atoms with E-state index in [-0.39, 0.29) is 45.8 Å². The van der Waals surface area contributed by atoms with E-state index in [4.69, 9.17) is 0 Å². The fourth-order valence-electron chi connectivity index (χ4n) is 11.0. The maximum Gasteiger partial charge on any atom is 0.309 e. The number of carboxylic acid groups (broad SMARTS) is 1. The average Bonchev–Trinajstić information content (AvgIpc) is 3.14. The Balaban J connectivity index is 1.60. The minimum atomic E-state index is -0.663. The fraction of sp³-hybridized carbons (Fsp3) is 0.862. The number of carbonyl (C=O) groups excluding carboxylic acids is 1. The van der Waals surface area contributed by atoms with Gasteiger partial charge in [-0.15, -0.1) is 0 Å². The lowest BCUT2D eigenvalue weighted by molar-refractivity contribution is -0.260. The van der Waals surface area contributed by atoms with Crippen LogP contribution in [-0.4, -0.2) is 28.1 Å². The zero-order valence-electron chi connectivity index (χ0n) is 21.3. The van der Waals surface area contributed by atoms with Crippen molar-refractivity contribution in [1.29, 1.82) is 0 Å². The van der Waals surface area contributed by atoms with Crippen molar-refractivity contribution in [2.24, 2.45) is 57.2 Å². The van der Waals surface area contributed by atoms with Crippen LogP contribution in [0.15, 0.2) is 12.2 Å². The van der Waals surface area contributed by atoms with Gasteiger partial charge in [0.1, 0.15) is 5.78 Å². The molecular weight excluding hydrogens is 412 g/mol. The van der Waals surface area contributed by atoms with Gasteiger partial charge in [0.2, 0.25) is 0 Å². The molecule has 0 aromatic heterocycles. The second-order valence-corrected chi connectivity index (χ2v) is 13.6. The van der Waals surface area contributed by atoms with Crippen molar-refractivity contribution < 1.29 is 19.8 Å². The molecule has 4 nitrogen and oxygen atoms in total. The van der Waals surface area contributed by atoms with Crippen molar-refractivity contribution >= 4 is 11.8 Å². The molecule has 5 fully saturated rings. The molecule has 0 aromatic rings. The van der Waals surface area contributed by atoms with Gasteiger partial charge in [0.15, 0.2) is 0 Å². The van der Waals surface area contributed by atoms with Crippen molar-refractivity contribution in [1.82, 2.24) is 0 Å². The van der Waals surface area contributed by atoms with E-state index in [0.29, 0.717) is 24.5 Å². The van der Waals surface area contributed by atoms with Crippen LogP contribution in [0.25, 0.3) is 0 Å². The van der Waals surface area contributed by atoms with Gasteiger partial charge in [-0.05, 0) is 104 Å². The number of rotatable bonds is 2. The maximum atomic E-state index is 12.7. The molecule has 11 unspecified atom stereocenters. The highest BCUT2D eigenvalue weighted by Gasteiger charge is 2.73. The summed E-state index contributed by atoms with van der Waals surface area (Å²) in [6.07, 6.45) is 7.19. The van der Waals surface area contributed by atoms with E-state index in [2.05, 4.69) is 41.2 Å². The fourth-order valence-corrected chi connectivity index (χ4v) is 11.0. The van der Waals surface area contributed by atoms with Crippen LogP contribution in [0.2, 0.25) is 0 Å². The SMILES string of the molecule is C=C(C)C1CCC2(C(=O)O)CCC3(C)C(CC(O)C4C5(C)CCC(=O)C(C)C5CCC43C)C12. The third-order valence-corrected chi connectivity index (χ3v) is 12.8. The van der Waals surface area contributed by atoms with E-state index in [9.17, 15) is 19.8 Å². The molecule has 33 heavy (non-hydrogen) atoms. The molecule has 11 atom stereocenters. The van der Waals surface area contributed by atoms with E-state index in [1.54, 1.807) is 0 Å². The van der Waals surface area contributed by atoms with Crippen LogP contribution < -0.4 is 0 Å². The van der Waals surface area contributed by atoms with Gasteiger partial charge in [-0.3, -0.25) is 9.59 Å². The van der Waals surface area contributed by atoms with E-state index < -0.39 is 17.5 Å². The molecule has 0 bridgehead atoms. The molecule has 0 amide bonds. The Morgan fingerprint density at radius 3 is 2.33 bits per heavy atom. The Labute approximate surface area is 199 Å². The number of hydrogen-bond donors (Lipinski definition) is 2. The minimum Gasteiger partial charge on any atom is -0.481 e. The summed E-state index contributed by atoms with van der Waals surface area (Å²) in [7, 11) is 0. The van der Waals surface area contributed by atoms with Crippen LogP contribution in [0.3, 0.4) is 0 Å². The van der Waals surface area contributed by atoms with Gasteiger partial charge < -0.3 is 10.2 Å². The highest BCUT2D eigenvalue weighted by atomic mass is 16.4. The molecule has 0 heterocycles. The highest BCUT2D eigenvalue weighted by molar-refractivity contribution is 5.82. The van der Waals surface area contributed by atoms with Crippen molar-refractivity contribution in [3.05, 3.63) is 12.2 Å². The number of Topliss-reactive ketones (excluding diaryl/α,β-unsaturated/α-hetero) is 1. The number of aliphatic hydroxyl groups is 1. The standard InChI is InChI=1S/C29H44O4/c1-16(2)18-7-12-29(25(32)33)14-13-27(5)20(23(18)29)15-22(31)24-26(4)10-9-21(30)17(3)19(26)8-11-28(24,27)6/h17-20,22-24,31H,1,7-15H2,2-6H3,(H,32,33). The molecule has 4 heteroatoms. The van der Waals surface area contributed by atoms with Crippen LogP contribution in [0.1, 0.15) is 92.4 Å². The topological polar surface area (TPSA) is 74.6 Å². The summed E-state index contributed by atoms with van der Waals surface area (Å²) in [4.78, 5) is 25.3. The first-order valence-corrected chi connectivity index (χ1v) is 13.4. The van der Waals surface area contributed by atoms with Crippen molar-refractivity contribution in [3.8, 4) is 0 Å². The average molecular weight is 457 g/mol. The molecule has 0 radical (unpaired) electrons. The molecular formula is C29H44O4. The monoisotopic (exact) mass is 456 g/mol. The number of carbonyl (C=O) groups is 2. The second kappa shape index (κ2) is 7.18. The Morgan fingerprint density at radius 1 is 1.00 bits per heavy atom. The summed E-state index contributed by atoms with van der Waals surface area (Å²) in [5.41, 5.74) is 0.372. The van der Waals surface area contributed by atoms with Crippen molar-refractivity contribution in [2.75, 3.05) is 0 Å². The molecule has 5 saturated carbocycles. The lowest BCUT2D eigenvalue weighted by atomic mass is 9.32. The Morgan fingerprint density at radius 2 is 1.70 bits per heavy atom. The van der Waals surface area contributed by atoms with E-state index in [0.717, 1.165) is 50.5 Å². The number of hydrogen-bond acceptors (Lipinski definition) is 3. The molecule has 5 aliphatic carbocycles. The van der Waals surface area contributed by atoms with Crippen LogP contribution in [0.5, 0.6) is 0 Å². The smallest absolute Gasteiger partial charge is 0.309 e. The third-order valence-electron chi connectivity index (χ3n) is 12.8. The second-order valence-electron chi connectivity index (χ2n) is 13.6. The van der Waals surface area contributed by atoms with Crippen LogP contribution >= 0.6 is 0 Å². The number of aliphatic hydroxyl groups excluding tert-OH is 1. The Bertz CT molecular complexity index is 894. The first-order valence-electron chi connectivity index (χ1n) is 13.4. The van der Waals surface area contributed by atoms with Crippen molar-refractivity contribution in [2.45, 2.75) is 98.5 Å². The normalized spacial score (nSPS) is 55.7. The molecule has 5 rings (SSSR count). The van der Waals surface area contributed by atoms with Crippen LogP contribution in [0, 0.1) is 57.2 Å². The summed E-state index contributed by atoms with van der Waals surface area (Å²) in [6.45, 7) is 15.7. The summed E-state index contributed by atoms with van der Waals surface area (Å²) in [6, 6.07) is 0. The van der Waals surface area contributed by atoms with Crippen LogP contribution in [-0.2, 0) is 9.59 Å². The van der Waals surface area contributed by atoms with E-state index >= 15 is 0 Å². The molecule has 184 valence electrons. The number of fused-ring (bicyclic) bond motifs is 7. The van der Waals surface area contributed by atoms with Gasteiger partial charge in [0, 0.05) is 12.3 Å². The molecule has 0 spiro atoms. The molecule has 0 aromatic carbocycles. The van der Waals surface area contributed by atoms with Gasteiger partial charge in [0.25, 0.3) is 0 Å². The van der Waals surface area contributed by atoms with Gasteiger partial charge in [-0.25, -0.2) is 0 Å². The van der Waals surface area contributed by atoms with E-state index in [1.165, 1.54) is 0 Å². The van der Waals surface area contributed by atoms with Gasteiger partial charge in [0.05, 0.1) is 11.5 Å². The molecule has 0 saturated heterocycles.